The van der Waals surface area contributed by atoms with Gasteiger partial charge in [-0.1, -0.05) is 16.8 Å². The highest BCUT2D eigenvalue weighted by Gasteiger charge is 2.51. The molecule has 1 saturated carbocycles. The first kappa shape index (κ1) is 24.5. The SMILES string of the molecule is Cc1nc(-c2c(F)cc(Cl)cc2-c2cnc3c(c2)CCC3CC(=O)C2(CC(=O)c3ccnnc3)CC2)no1. The number of ketones is 2. The summed E-state index contributed by atoms with van der Waals surface area (Å²) in [6.45, 7) is 1.64. The van der Waals surface area contributed by atoms with E-state index in [1.54, 1.807) is 25.3 Å². The number of aromatic nitrogens is 5. The average Bonchev–Trinajstić information content (AvgIpc) is 3.40. The molecule has 0 amide bonds. The fourth-order valence-corrected chi connectivity index (χ4v) is 5.55. The van der Waals surface area contributed by atoms with Gasteiger partial charge in [0.15, 0.2) is 5.78 Å². The topological polar surface area (TPSA) is 112 Å². The summed E-state index contributed by atoms with van der Waals surface area (Å²) in [5, 5.41) is 11.6. The minimum Gasteiger partial charge on any atom is -0.339 e. The zero-order chi connectivity index (χ0) is 26.4. The van der Waals surface area contributed by atoms with Crippen LogP contribution >= 0.6 is 11.6 Å². The first-order valence-corrected chi connectivity index (χ1v) is 12.8. The molecule has 0 bridgehead atoms. The fraction of sp³-hybridized carbons (Fsp3) is 0.321. The number of halogens is 2. The number of hydrogen-bond acceptors (Lipinski definition) is 8. The van der Waals surface area contributed by atoms with Crippen molar-refractivity contribution in [1.82, 2.24) is 25.3 Å². The third-order valence-corrected chi connectivity index (χ3v) is 7.77. The van der Waals surface area contributed by atoms with Crippen molar-refractivity contribution >= 4 is 23.2 Å². The number of carbonyl (C=O) groups excluding carboxylic acids is 2. The molecular formula is C28H23ClFN5O3. The van der Waals surface area contributed by atoms with Crippen LogP contribution in [0.2, 0.25) is 5.02 Å². The minimum atomic E-state index is -0.584. The zero-order valence-electron chi connectivity index (χ0n) is 20.6. The maximum atomic E-state index is 15.0. The molecule has 3 heterocycles. The lowest BCUT2D eigenvalue weighted by Gasteiger charge is -2.17. The van der Waals surface area contributed by atoms with Crippen molar-refractivity contribution in [3.05, 3.63) is 76.4 Å². The molecule has 192 valence electrons. The summed E-state index contributed by atoms with van der Waals surface area (Å²) in [4.78, 5) is 35.0. The minimum absolute atomic E-state index is 0.0165. The van der Waals surface area contributed by atoms with E-state index in [9.17, 15) is 14.0 Å². The average molecular weight is 532 g/mol. The van der Waals surface area contributed by atoms with Gasteiger partial charge in [-0.3, -0.25) is 14.6 Å². The number of aryl methyl sites for hydroxylation is 2. The van der Waals surface area contributed by atoms with E-state index in [-0.39, 0.29) is 40.3 Å². The van der Waals surface area contributed by atoms with Gasteiger partial charge in [0.05, 0.1) is 18.0 Å². The second kappa shape index (κ2) is 9.47. The molecule has 38 heavy (non-hydrogen) atoms. The Balaban J connectivity index is 1.23. The van der Waals surface area contributed by atoms with Gasteiger partial charge in [0.2, 0.25) is 11.7 Å². The van der Waals surface area contributed by atoms with Gasteiger partial charge >= 0.3 is 0 Å². The second-order valence-corrected chi connectivity index (χ2v) is 10.5. The van der Waals surface area contributed by atoms with Crippen LogP contribution in [0.4, 0.5) is 4.39 Å². The summed E-state index contributed by atoms with van der Waals surface area (Å²) in [6, 6.07) is 6.48. The van der Waals surface area contributed by atoms with Crippen molar-refractivity contribution in [3.63, 3.8) is 0 Å². The van der Waals surface area contributed by atoms with Crippen LogP contribution < -0.4 is 0 Å². The molecule has 0 aliphatic heterocycles. The molecular weight excluding hydrogens is 509 g/mol. The van der Waals surface area contributed by atoms with Gasteiger partial charge < -0.3 is 4.52 Å². The number of benzene rings is 1. The lowest BCUT2D eigenvalue weighted by molar-refractivity contribution is -0.124. The van der Waals surface area contributed by atoms with E-state index in [4.69, 9.17) is 21.1 Å². The predicted octanol–water partition coefficient (Wildman–Crippen LogP) is 5.73. The summed E-state index contributed by atoms with van der Waals surface area (Å²) in [5.74, 6) is -0.0684. The standard InChI is InChI=1S/C28H23ClFN5O3/c1-15-34-27(35-38-15)25-21(10-20(29)11-22(25)30)19-8-16-2-3-17(26(16)31-13-19)9-24(37)28(5-6-28)12-23(36)18-4-7-32-33-14-18/h4,7-8,10-11,13-14,17H,2-3,5-6,9,12H2,1H3. The van der Waals surface area contributed by atoms with E-state index in [0.29, 0.717) is 29.0 Å². The van der Waals surface area contributed by atoms with Crippen LogP contribution in [0.1, 0.15) is 65.5 Å². The quantitative estimate of drug-likeness (QED) is 0.265. The van der Waals surface area contributed by atoms with Crippen LogP contribution in [0.5, 0.6) is 0 Å². The molecule has 1 unspecified atom stereocenters. The highest BCUT2D eigenvalue weighted by atomic mass is 35.5. The van der Waals surface area contributed by atoms with Crippen molar-refractivity contribution < 1.29 is 18.5 Å². The van der Waals surface area contributed by atoms with Gasteiger partial charge in [0.25, 0.3) is 0 Å². The number of carbonyl (C=O) groups is 2. The Morgan fingerprint density at radius 1 is 1.18 bits per heavy atom. The van der Waals surface area contributed by atoms with E-state index in [1.165, 1.54) is 18.5 Å². The summed E-state index contributed by atoms with van der Waals surface area (Å²) >= 11 is 6.19. The van der Waals surface area contributed by atoms with Gasteiger partial charge in [-0.25, -0.2) is 4.39 Å². The van der Waals surface area contributed by atoms with Gasteiger partial charge in [0, 0.05) is 59.1 Å². The molecule has 2 aliphatic rings. The number of hydrogen-bond donors (Lipinski definition) is 0. The molecule has 10 heteroatoms. The Morgan fingerprint density at radius 2 is 2.03 bits per heavy atom. The zero-order valence-corrected chi connectivity index (χ0v) is 21.3. The predicted molar refractivity (Wildman–Crippen MR) is 136 cm³/mol. The van der Waals surface area contributed by atoms with Crippen molar-refractivity contribution in [1.29, 1.82) is 0 Å². The Bertz CT molecular complexity index is 1570. The number of nitrogens with zero attached hydrogens (tertiary/aromatic N) is 5. The normalized spacial score (nSPS) is 17.3. The summed E-state index contributed by atoms with van der Waals surface area (Å²) in [5.41, 5.74) is 3.19. The smallest absolute Gasteiger partial charge is 0.223 e. The number of pyridine rings is 1. The molecule has 2 aliphatic carbocycles. The molecule has 0 spiro atoms. The van der Waals surface area contributed by atoms with Crippen molar-refractivity contribution in [3.8, 4) is 22.5 Å². The van der Waals surface area contributed by atoms with Crippen LogP contribution in [-0.2, 0) is 11.2 Å². The maximum absolute atomic E-state index is 15.0. The molecule has 1 fully saturated rings. The van der Waals surface area contributed by atoms with E-state index in [0.717, 1.165) is 36.9 Å². The highest BCUT2D eigenvalue weighted by Crippen LogP contribution is 2.52. The number of Topliss-reactive ketones (excluding diaryl/α,β-unsaturated/α-hetero) is 2. The van der Waals surface area contributed by atoms with Gasteiger partial charge in [0.1, 0.15) is 11.6 Å². The molecule has 0 N–H and O–H groups in total. The number of rotatable bonds is 8. The summed E-state index contributed by atoms with van der Waals surface area (Å²) in [7, 11) is 0. The van der Waals surface area contributed by atoms with E-state index in [2.05, 4.69) is 20.3 Å². The second-order valence-electron chi connectivity index (χ2n) is 10.1. The van der Waals surface area contributed by atoms with Crippen molar-refractivity contribution in [2.45, 2.75) is 51.4 Å². The van der Waals surface area contributed by atoms with Gasteiger partial charge in [-0.15, -0.1) is 0 Å². The van der Waals surface area contributed by atoms with E-state index < -0.39 is 11.2 Å². The van der Waals surface area contributed by atoms with Crippen LogP contribution in [-0.4, -0.2) is 36.9 Å². The van der Waals surface area contributed by atoms with Crippen molar-refractivity contribution in [2.75, 3.05) is 0 Å². The van der Waals surface area contributed by atoms with E-state index >= 15 is 0 Å². The highest BCUT2D eigenvalue weighted by molar-refractivity contribution is 6.31. The molecule has 1 aromatic carbocycles. The Kier molecular flexibility index (Phi) is 6.10. The summed E-state index contributed by atoms with van der Waals surface area (Å²) < 4.78 is 20.1. The summed E-state index contributed by atoms with van der Waals surface area (Å²) in [6.07, 6.45) is 8.13. The first-order valence-electron chi connectivity index (χ1n) is 12.4. The van der Waals surface area contributed by atoms with Gasteiger partial charge in [-0.05, 0) is 61.1 Å². The largest absolute Gasteiger partial charge is 0.339 e. The maximum Gasteiger partial charge on any atom is 0.223 e. The van der Waals surface area contributed by atoms with E-state index in [1.807, 2.05) is 6.07 Å². The fourth-order valence-electron chi connectivity index (χ4n) is 5.34. The molecule has 8 nitrogen and oxygen atoms in total. The molecule has 1 atom stereocenters. The van der Waals surface area contributed by atoms with Crippen LogP contribution in [0.25, 0.3) is 22.5 Å². The lowest BCUT2D eigenvalue weighted by Crippen LogP contribution is -2.22. The molecule has 6 rings (SSSR count). The first-order chi connectivity index (χ1) is 18.3. The monoisotopic (exact) mass is 531 g/mol. The lowest BCUT2D eigenvalue weighted by atomic mass is 9.86. The molecule has 4 aromatic rings. The third-order valence-electron chi connectivity index (χ3n) is 7.55. The molecule has 3 aromatic heterocycles. The molecule has 0 saturated heterocycles. The van der Waals surface area contributed by atoms with Crippen LogP contribution in [0, 0.1) is 18.2 Å². The van der Waals surface area contributed by atoms with Crippen LogP contribution in [0.15, 0.2) is 47.4 Å². The molecule has 0 radical (unpaired) electrons. The Morgan fingerprint density at radius 3 is 2.74 bits per heavy atom. The van der Waals surface area contributed by atoms with Gasteiger partial charge in [-0.2, -0.15) is 15.2 Å². The Hall–Kier alpha value is -3.85. The number of fused-ring (bicyclic) bond motifs is 1. The Labute approximate surface area is 222 Å². The van der Waals surface area contributed by atoms with Crippen molar-refractivity contribution in [2.24, 2.45) is 5.41 Å². The third kappa shape index (κ3) is 4.51. The van der Waals surface area contributed by atoms with Crippen LogP contribution in [0.3, 0.4) is 0 Å².